The number of ether oxygens (including phenoxy) is 4. The molecule has 1 aliphatic rings. The van der Waals surface area contributed by atoms with Gasteiger partial charge in [0.1, 0.15) is 29.5 Å². The number of non-ortho nitro benzene ring substituents is 1. The van der Waals surface area contributed by atoms with Crippen LogP contribution in [-0.2, 0) is 9.47 Å². The lowest BCUT2D eigenvalue weighted by atomic mass is 9.99. The second kappa shape index (κ2) is 9.94. The Labute approximate surface area is 180 Å². The lowest BCUT2D eigenvalue weighted by Crippen LogP contribution is -2.61. The van der Waals surface area contributed by atoms with E-state index in [-0.39, 0.29) is 17.2 Å². The molecule has 1 heterocycles. The monoisotopic (exact) mass is 455 g/mol. The second-order valence-corrected chi connectivity index (χ2v) is 6.80. The van der Waals surface area contributed by atoms with Crippen molar-refractivity contribution in [3.8, 4) is 11.5 Å². The molecule has 0 spiro atoms. The molecule has 0 aromatic heterocycles. The van der Waals surface area contributed by atoms with Crippen LogP contribution in [0, 0.1) is 15.9 Å². The van der Waals surface area contributed by atoms with Gasteiger partial charge >= 0.3 is 5.24 Å². The first-order valence-corrected chi connectivity index (χ1v) is 9.37. The lowest BCUT2D eigenvalue weighted by molar-refractivity contribution is -0.384. The molecule has 10 nitrogen and oxygen atoms in total. The number of thiocarbonyl (C=S) groups is 1. The van der Waals surface area contributed by atoms with Gasteiger partial charge in [0, 0.05) is 24.4 Å². The van der Waals surface area contributed by atoms with Crippen LogP contribution in [0.15, 0.2) is 48.5 Å². The fourth-order valence-corrected chi connectivity index (χ4v) is 3.01. The number of aliphatic hydroxyl groups excluding tert-OH is 3. The van der Waals surface area contributed by atoms with Crippen molar-refractivity contribution in [2.75, 3.05) is 6.61 Å². The van der Waals surface area contributed by atoms with Crippen molar-refractivity contribution >= 4 is 23.1 Å². The van der Waals surface area contributed by atoms with Gasteiger partial charge in [0.05, 0.1) is 11.5 Å². The number of rotatable bonds is 6. The van der Waals surface area contributed by atoms with Gasteiger partial charge in [0.15, 0.2) is 12.2 Å². The van der Waals surface area contributed by atoms with E-state index < -0.39 is 53.3 Å². The van der Waals surface area contributed by atoms with Crippen LogP contribution in [0.5, 0.6) is 11.5 Å². The number of hydrogen-bond acceptors (Lipinski definition) is 10. The van der Waals surface area contributed by atoms with Gasteiger partial charge in [0.25, 0.3) is 5.69 Å². The average Bonchev–Trinajstić information content (AvgIpc) is 2.75. The van der Waals surface area contributed by atoms with Crippen molar-refractivity contribution in [3.63, 3.8) is 0 Å². The van der Waals surface area contributed by atoms with Crippen LogP contribution in [0.3, 0.4) is 0 Å². The second-order valence-electron chi connectivity index (χ2n) is 6.46. The maximum atomic E-state index is 13.1. The van der Waals surface area contributed by atoms with E-state index in [0.717, 1.165) is 12.1 Å². The predicted octanol–water partition coefficient (Wildman–Crippen LogP) is 1.30. The van der Waals surface area contributed by atoms with Crippen LogP contribution >= 0.6 is 12.2 Å². The number of benzene rings is 2. The van der Waals surface area contributed by atoms with Gasteiger partial charge in [-0.3, -0.25) is 10.1 Å². The zero-order valence-corrected chi connectivity index (χ0v) is 16.6. The van der Waals surface area contributed by atoms with E-state index in [1.807, 2.05) is 0 Å². The topological polar surface area (TPSA) is 141 Å². The van der Waals surface area contributed by atoms with Crippen LogP contribution in [0.25, 0.3) is 0 Å². The minimum Gasteiger partial charge on any atom is -0.462 e. The summed E-state index contributed by atoms with van der Waals surface area (Å²) in [5, 5.41) is 40.6. The number of nitro groups is 1. The summed E-state index contributed by atoms with van der Waals surface area (Å²) < 4.78 is 34.5. The first-order chi connectivity index (χ1) is 14.8. The molecule has 166 valence electrons. The van der Waals surface area contributed by atoms with Crippen molar-refractivity contribution in [1.29, 1.82) is 0 Å². The van der Waals surface area contributed by atoms with Crippen molar-refractivity contribution in [3.05, 3.63) is 64.5 Å². The van der Waals surface area contributed by atoms with E-state index in [2.05, 4.69) is 0 Å². The number of halogens is 1. The lowest BCUT2D eigenvalue weighted by Gasteiger charge is -2.41. The van der Waals surface area contributed by atoms with Gasteiger partial charge in [-0.15, -0.1) is 0 Å². The molecule has 1 saturated heterocycles. The molecule has 0 amide bonds. The Balaban J connectivity index is 1.68. The maximum absolute atomic E-state index is 13.1. The quantitative estimate of drug-likeness (QED) is 0.332. The summed E-state index contributed by atoms with van der Waals surface area (Å²) in [4.78, 5) is 10.1. The molecular formula is C19H18FNO9S. The van der Waals surface area contributed by atoms with Gasteiger partial charge < -0.3 is 34.3 Å². The fourth-order valence-electron chi connectivity index (χ4n) is 2.80. The van der Waals surface area contributed by atoms with Gasteiger partial charge in [-0.05, 0) is 36.4 Å². The largest absolute Gasteiger partial charge is 0.462 e. The van der Waals surface area contributed by atoms with Crippen LogP contribution in [-0.4, -0.2) is 62.8 Å². The summed E-state index contributed by atoms with van der Waals surface area (Å²) in [5.41, 5.74) is -0.152. The molecule has 0 saturated carbocycles. The Hall–Kier alpha value is -2.90. The number of hydrogen-bond donors (Lipinski definition) is 3. The molecule has 2 aromatic rings. The zero-order chi connectivity index (χ0) is 22.5. The first kappa shape index (κ1) is 22.8. The molecular weight excluding hydrogens is 437 g/mol. The molecule has 3 rings (SSSR count). The van der Waals surface area contributed by atoms with Crippen LogP contribution in [0.2, 0.25) is 0 Å². The summed E-state index contributed by atoms with van der Waals surface area (Å²) >= 11 is 4.98. The summed E-state index contributed by atoms with van der Waals surface area (Å²) in [6.07, 6.45) is -7.02. The van der Waals surface area contributed by atoms with Gasteiger partial charge in [-0.2, -0.15) is 0 Å². The molecule has 0 unspecified atom stereocenters. The summed E-state index contributed by atoms with van der Waals surface area (Å²) in [6, 6.07) is 9.89. The molecule has 3 N–H and O–H groups in total. The SMILES string of the molecule is O=[N+]([O-])c1ccc(OC(=S)O[C@H]2[C@@H](O)[C@@H](CO)O[C@@H](Oc3ccc(F)cc3)[C@@H]2O)cc1. The Morgan fingerprint density at radius 1 is 1.10 bits per heavy atom. The summed E-state index contributed by atoms with van der Waals surface area (Å²) in [6.45, 7) is -0.618. The molecule has 31 heavy (non-hydrogen) atoms. The van der Waals surface area contributed by atoms with Gasteiger partial charge in [0.2, 0.25) is 6.29 Å². The maximum Gasteiger partial charge on any atom is 0.358 e. The minimum absolute atomic E-state index is 0.129. The third-order valence-electron chi connectivity index (χ3n) is 4.37. The number of nitrogens with zero attached hydrogens (tertiary/aromatic N) is 1. The first-order valence-electron chi connectivity index (χ1n) is 8.96. The number of nitro benzene ring substituents is 1. The van der Waals surface area contributed by atoms with Crippen molar-refractivity contribution in [1.82, 2.24) is 0 Å². The number of aliphatic hydroxyl groups is 3. The minimum atomic E-state index is -1.57. The summed E-state index contributed by atoms with van der Waals surface area (Å²) in [5.74, 6) is -0.192. The van der Waals surface area contributed by atoms with Gasteiger partial charge in [-0.1, -0.05) is 0 Å². The Morgan fingerprint density at radius 2 is 1.71 bits per heavy atom. The van der Waals surface area contributed by atoms with E-state index in [0.29, 0.717) is 0 Å². The van der Waals surface area contributed by atoms with Crippen molar-refractivity contribution < 1.29 is 43.6 Å². The molecule has 5 atom stereocenters. The normalized spacial score (nSPS) is 25.5. The van der Waals surface area contributed by atoms with E-state index in [9.17, 15) is 29.8 Å². The van der Waals surface area contributed by atoms with E-state index >= 15 is 0 Å². The van der Waals surface area contributed by atoms with Crippen molar-refractivity contribution in [2.24, 2.45) is 0 Å². The molecule has 1 fully saturated rings. The van der Waals surface area contributed by atoms with Crippen LogP contribution in [0.1, 0.15) is 0 Å². The molecule has 0 bridgehead atoms. The molecule has 0 radical (unpaired) electrons. The molecule has 0 aliphatic carbocycles. The standard InChI is InChI=1S/C19H18FNO9S/c20-10-1-5-12(6-2-10)27-18-16(24)17(15(23)14(9-22)29-18)30-19(31)28-13-7-3-11(4-8-13)21(25)26/h1-8,14-18,22-24H,9H2/t14-,15+,16-,17+,18-/m1/s1. The molecule has 2 aromatic carbocycles. The smallest absolute Gasteiger partial charge is 0.358 e. The Bertz CT molecular complexity index is 912. The Kier molecular flexibility index (Phi) is 7.30. The molecule has 1 aliphatic heterocycles. The van der Waals surface area contributed by atoms with E-state index in [1.54, 1.807) is 0 Å². The highest BCUT2D eigenvalue weighted by Gasteiger charge is 2.47. The van der Waals surface area contributed by atoms with E-state index in [4.69, 9.17) is 31.2 Å². The van der Waals surface area contributed by atoms with Crippen LogP contribution in [0.4, 0.5) is 10.1 Å². The van der Waals surface area contributed by atoms with Crippen molar-refractivity contribution in [2.45, 2.75) is 30.7 Å². The van der Waals surface area contributed by atoms with Crippen LogP contribution < -0.4 is 9.47 Å². The average molecular weight is 455 g/mol. The third kappa shape index (κ3) is 5.62. The summed E-state index contributed by atoms with van der Waals surface area (Å²) in [7, 11) is 0. The molecule has 12 heteroatoms. The highest BCUT2D eigenvalue weighted by atomic mass is 32.1. The predicted molar refractivity (Wildman–Crippen MR) is 106 cm³/mol. The highest BCUT2D eigenvalue weighted by molar-refractivity contribution is 7.79. The Morgan fingerprint density at radius 3 is 2.29 bits per heavy atom. The highest BCUT2D eigenvalue weighted by Crippen LogP contribution is 2.27. The van der Waals surface area contributed by atoms with Gasteiger partial charge in [-0.25, -0.2) is 4.39 Å². The fraction of sp³-hybridized carbons (Fsp3) is 0.316. The third-order valence-corrected chi connectivity index (χ3v) is 4.55. The van der Waals surface area contributed by atoms with E-state index in [1.165, 1.54) is 36.4 Å². The zero-order valence-electron chi connectivity index (χ0n) is 15.7.